The molecule has 0 aliphatic carbocycles. The number of benzene rings is 1. The minimum atomic E-state index is -0.482. The van der Waals surface area contributed by atoms with Gasteiger partial charge in [-0.25, -0.2) is 0 Å². The third kappa shape index (κ3) is 4.44. The molecule has 2 amide bonds. The molecule has 0 unspecified atom stereocenters. The third-order valence-corrected chi connectivity index (χ3v) is 4.50. The zero-order valence-corrected chi connectivity index (χ0v) is 14.1. The van der Waals surface area contributed by atoms with Crippen LogP contribution in [-0.4, -0.2) is 47.4 Å². The van der Waals surface area contributed by atoms with Gasteiger partial charge in [-0.15, -0.1) is 0 Å². The maximum Gasteiger partial charge on any atom is 0.245 e. The number of halogens is 2. The second kappa shape index (κ2) is 8.29. The lowest BCUT2D eigenvalue weighted by Crippen LogP contribution is -2.58. The van der Waals surface area contributed by atoms with Gasteiger partial charge in [0, 0.05) is 18.1 Å². The molecular formula is C17H22ClFN2O2. The van der Waals surface area contributed by atoms with Crippen LogP contribution in [0.25, 0.3) is 0 Å². The molecule has 0 bridgehead atoms. The summed E-state index contributed by atoms with van der Waals surface area (Å²) in [5.74, 6) is -0.139. The van der Waals surface area contributed by atoms with Crippen molar-refractivity contribution in [1.82, 2.24) is 9.80 Å². The molecule has 1 aliphatic heterocycles. The molecule has 1 aromatic carbocycles. The zero-order valence-electron chi connectivity index (χ0n) is 13.3. The van der Waals surface area contributed by atoms with Gasteiger partial charge < -0.3 is 9.80 Å². The quantitative estimate of drug-likeness (QED) is 0.716. The van der Waals surface area contributed by atoms with E-state index < -0.39 is 6.04 Å². The number of rotatable bonds is 7. The molecule has 6 heteroatoms. The highest BCUT2D eigenvalue weighted by atomic mass is 35.5. The first-order valence-corrected chi connectivity index (χ1v) is 8.30. The summed E-state index contributed by atoms with van der Waals surface area (Å²) in [5.41, 5.74) is 0.832. The normalized spacial score (nSPS) is 18.7. The van der Waals surface area contributed by atoms with E-state index in [-0.39, 0.29) is 25.0 Å². The minimum absolute atomic E-state index is 0.0654. The molecule has 0 aromatic heterocycles. The fourth-order valence-electron chi connectivity index (χ4n) is 2.78. The van der Waals surface area contributed by atoms with E-state index in [1.54, 1.807) is 22.8 Å². The van der Waals surface area contributed by atoms with E-state index in [0.29, 0.717) is 24.5 Å². The average molecular weight is 341 g/mol. The van der Waals surface area contributed by atoms with E-state index in [0.717, 1.165) is 18.4 Å². The zero-order chi connectivity index (χ0) is 16.8. The molecular weight excluding hydrogens is 319 g/mol. The Morgan fingerprint density at radius 2 is 1.96 bits per heavy atom. The number of carbonyl (C=O) groups excluding carboxylic acids is 2. The number of alkyl halides is 1. The largest absolute Gasteiger partial charge is 0.329 e. The Morgan fingerprint density at radius 1 is 1.22 bits per heavy atom. The molecule has 0 N–H and O–H groups in total. The number of nitrogens with zero attached hydrogens (tertiary/aromatic N) is 2. The number of carbonyl (C=O) groups is 2. The van der Waals surface area contributed by atoms with Crippen LogP contribution in [0.15, 0.2) is 24.3 Å². The van der Waals surface area contributed by atoms with Crippen molar-refractivity contribution in [3.05, 3.63) is 34.9 Å². The third-order valence-electron chi connectivity index (χ3n) is 4.13. The van der Waals surface area contributed by atoms with Crippen molar-refractivity contribution in [2.75, 3.05) is 19.8 Å². The van der Waals surface area contributed by atoms with Crippen LogP contribution in [0.1, 0.15) is 31.7 Å². The monoisotopic (exact) mass is 340 g/mol. The summed E-state index contributed by atoms with van der Waals surface area (Å²) >= 11 is 6.13. The van der Waals surface area contributed by atoms with Gasteiger partial charge in [0.1, 0.15) is 12.6 Å². The Labute approximate surface area is 141 Å². The highest BCUT2D eigenvalue weighted by Crippen LogP contribution is 2.21. The smallest absolute Gasteiger partial charge is 0.245 e. The molecule has 23 heavy (non-hydrogen) atoms. The molecule has 126 valence electrons. The van der Waals surface area contributed by atoms with E-state index in [1.807, 2.05) is 18.2 Å². The summed E-state index contributed by atoms with van der Waals surface area (Å²) in [6.45, 7) is 2.32. The molecule has 1 aliphatic rings. The van der Waals surface area contributed by atoms with Gasteiger partial charge in [0.05, 0.1) is 6.67 Å². The van der Waals surface area contributed by atoms with Gasteiger partial charge in [-0.05, 0) is 37.8 Å². The predicted octanol–water partition coefficient (Wildman–Crippen LogP) is 3.04. The fraction of sp³-hybridized carbons (Fsp3) is 0.529. The van der Waals surface area contributed by atoms with E-state index in [1.165, 1.54) is 0 Å². The fourth-order valence-corrected chi connectivity index (χ4v) is 2.98. The standard InChI is InChI=1S/C17H22ClFN2O2/c1-13-17(23)20(11-14-7-3-4-8-15(14)18)12-16(22)21(13)10-6-2-5-9-19/h3-4,7-8,13H,2,5-6,9-12H2,1H3/t13-/m0/s1. The second-order valence-corrected chi connectivity index (χ2v) is 6.21. The topological polar surface area (TPSA) is 40.6 Å². The lowest BCUT2D eigenvalue weighted by Gasteiger charge is -2.39. The number of unbranched alkanes of at least 4 members (excludes halogenated alkanes) is 2. The molecule has 4 nitrogen and oxygen atoms in total. The lowest BCUT2D eigenvalue weighted by molar-refractivity contribution is -0.155. The van der Waals surface area contributed by atoms with E-state index >= 15 is 0 Å². The SMILES string of the molecule is C[C@H]1C(=O)N(Cc2ccccc2Cl)CC(=O)N1CCCCCF. The summed E-state index contributed by atoms with van der Waals surface area (Å²) in [6.07, 6.45) is 1.95. The van der Waals surface area contributed by atoms with Crippen molar-refractivity contribution in [2.45, 2.75) is 38.8 Å². The van der Waals surface area contributed by atoms with Crippen molar-refractivity contribution in [3.63, 3.8) is 0 Å². The van der Waals surface area contributed by atoms with Crippen LogP contribution in [-0.2, 0) is 16.1 Å². The Hall–Kier alpha value is -1.62. The van der Waals surface area contributed by atoms with Gasteiger partial charge in [0.2, 0.25) is 11.8 Å². The lowest BCUT2D eigenvalue weighted by atomic mass is 10.1. The predicted molar refractivity (Wildman–Crippen MR) is 87.9 cm³/mol. The first kappa shape index (κ1) is 17.7. The molecule has 0 spiro atoms. The number of piperazine rings is 1. The minimum Gasteiger partial charge on any atom is -0.329 e. The highest BCUT2D eigenvalue weighted by Gasteiger charge is 2.36. The van der Waals surface area contributed by atoms with Gasteiger partial charge in [-0.1, -0.05) is 29.8 Å². The van der Waals surface area contributed by atoms with Gasteiger partial charge in [-0.2, -0.15) is 0 Å². The molecule has 1 aromatic rings. The van der Waals surface area contributed by atoms with Crippen LogP contribution in [0, 0.1) is 0 Å². The van der Waals surface area contributed by atoms with Crippen molar-refractivity contribution < 1.29 is 14.0 Å². The Kier molecular flexibility index (Phi) is 6.39. The first-order valence-electron chi connectivity index (χ1n) is 7.92. The maximum absolute atomic E-state index is 12.5. The molecule has 0 saturated carbocycles. The van der Waals surface area contributed by atoms with Crippen LogP contribution in [0.3, 0.4) is 0 Å². The molecule has 0 radical (unpaired) electrons. The average Bonchev–Trinajstić information content (AvgIpc) is 2.53. The second-order valence-electron chi connectivity index (χ2n) is 5.80. The number of hydrogen-bond acceptors (Lipinski definition) is 2. The van der Waals surface area contributed by atoms with Gasteiger partial charge in [0.25, 0.3) is 0 Å². The Bertz CT molecular complexity index is 567. The van der Waals surface area contributed by atoms with Crippen molar-refractivity contribution in [1.29, 1.82) is 0 Å². The highest BCUT2D eigenvalue weighted by molar-refractivity contribution is 6.31. The molecule has 1 fully saturated rings. The molecule has 1 heterocycles. The van der Waals surface area contributed by atoms with Crippen molar-refractivity contribution in [3.8, 4) is 0 Å². The van der Waals surface area contributed by atoms with Crippen molar-refractivity contribution >= 4 is 23.4 Å². The number of hydrogen-bond donors (Lipinski definition) is 0. The molecule has 2 rings (SSSR count). The molecule has 1 atom stereocenters. The van der Waals surface area contributed by atoms with E-state index in [9.17, 15) is 14.0 Å². The van der Waals surface area contributed by atoms with Crippen LogP contribution < -0.4 is 0 Å². The van der Waals surface area contributed by atoms with Crippen molar-refractivity contribution in [2.24, 2.45) is 0 Å². The van der Waals surface area contributed by atoms with Crippen LogP contribution in [0.4, 0.5) is 4.39 Å². The number of amides is 2. The van der Waals surface area contributed by atoms with Crippen LogP contribution in [0.5, 0.6) is 0 Å². The van der Waals surface area contributed by atoms with E-state index in [2.05, 4.69) is 0 Å². The first-order chi connectivity index (χ1) is 11.0. The maximum atomic E-state index is 12.5. The Morgan fingerprint density at radius 3 is 2.65 bits per heavy atom. The van der Waals surface area contributed by atoms with Crippen LogP contribution in [0.2, 0.25) is 5.02 Å². The van der Waals surface area contributed by atoms with Crippen LogP contribution >= 0.6 is 11.6 Å². The summed E-state index contributed by atoms with van der Waals surface area (Å²) in [4.78, 5) is 28.0. The summed E-state index contributed by atoms with van der Waals surface area (Å²) in [7, 11) is 0. The van der Waals surface area contributed by atoms with E-state index in [4.69, 9.17) is 11.6 Å². The van der Waals surface area contributed by atoms with Gasteiger partial charge in [-0.3, -0.25) is 14.0 Å². The van der Waals surface area contributed by atoms with Gasteiger partial charge >= 0.3 is 0 Å². The summed E-state index contributed by atoms with van der Waals surface area (Å²) < 4.78 is 12.1. The summed E-state index contributed by atoms with van der Waals surface area (Å²) in [6, 6.07) is 6.83. The van der Waals surface area contributed by atoms with Gasteiger partial charge in [0.15, 0.2) is 0 Å². The summed E-state index contributed by atoms with van der Waals surface area (Å²) in [5, 5.41) is 0.592. The Balaban J connectivity index is 1.98. The molecule has 1 saturated heterocycles.